The Morgan fingerprint density at radius 3 is 2.05 bits per heavy atom. The maximum atomic E-state index is 16.9. The largest absolute Gasteiger partial charge is 0.481 e. The standard InChI is InChI=1S/C22H29FO5.2C3H6O2.H2O/c1-12-8-16-15-5-4-13-9-14(25)6-7-19(13,2)21(15,23)17(26)10-20(16,3)22(12,28)18(27)11-24;2*1-2-3(4)5;/h6-7,9,12,15-17,24,26,28H,4-5,8,10-11H2,1-3H3;2*2H2,1H3,(H,4,5);1H2/t12-,15-,16-,17-,19-,20-,21-,22-;;;/m0.../s1. The van der Waals surface area contributed by atoms with Crippen LogP contribution in [-0.4, -0.2) is 78.5 Å². The Balaban J connectivity index is 0.000000595. The van der Waals surface area contributed by atoms with Crippen molar-refractivity contribution in [2.24, 2.45) is 28.6 Å². The summed E-state index contributed by atoms with van der Waals surface area (Å²) >= 11 is 0. The van der Waals surface area contributed by atoms with E-state index in [1.807, 2.05) is 0 Å². The molecule has 0 saturated heterocycles. The van der Waals surface area contributed by atoms with Gasteiger partial charge in [-0.25, -0.2) is 4.39 Å². The van der Waals surface area contributed by atoms with Crippen molar-refractivity contribution in [1.29, 1.82) is 0 Å². The molecule has 0 aliphatic heterocycles. The van der Waals surface area contributed by atoms with Crippen LogP contribution in [0, 0.1) is 28.6 Å². The SMILES string of the molecule is CCC(=O)O.CCC(=O)O.C[C@H]1C[C@H]2[C@@H]3CCC4=CC(=O)C=C[C@]4(C)[C@@]3(F)[C@@H](O)C[C@]2(C)[C@@]1(O)C(=O)CO.O. The zero-order valence-corrected chi connectivity index (χ0v) is 23.2. The Labute approximate surface area is 227 Å². The van der Waals surface area contributed by atoms with Crippen molar-refractivity contribution in [3.05, 3.63) is 23.8 Å². The molecular weight excluding hydrogens is 515 g/mol. The van der Waals surface area contributed by atoms with Gasteiger partial charge in [0.15, 0.2) is 17.2 Å². The van der Waals surface area contributed by atoms with E-state index in [1.54, 1.807) is 40.7 Å². The topological polar surface area (TPSA) is 201 Å². The number of carboxylic acids is 2. The third-order valence-electron chi connectivity index (χ3n) is 9.40. The molecule has 39 heavy (non-hydrogen) atoms. The number of carboxylic acid groups (broad SMARTS) is 2. The van der Waals surface area contributed by atoms with E-state index >= 15 is 4.39 Å². The van der Waals surface area contributed by atoms with Crippen LogP contribution in [0.4, 0.5) is 4.39 Å². The summed E-state index contributed by atoms with van der Waals surface area (Å²) in [6.45, 7) is 7.68. The molecule has 0 heterocycles. The number of alkyl halides is 1. The zero-order chi connectivity index (χ0) is 29.3. The lowest BCUT2D eigenvalue weighted by Gasteiger charge is -2.62. The van der Waals surface area contributed by atoms with Crippen molar-refractivity contribution in [3.8, 4) is 0 Å². The minimum atomic E-state index is -1.98. The number of carbonyl (C=O) groups excluding carboxylic acids is 2. The van der Waals surface area contributed by atoms with E-state index in [9.17, 15) is 34.5 Å². The Hall–Kier alpha value is -2.47. The molecule has 0 spiro atoms. The van der Waals surface area contributed by atoms with Gasteiger partial charge in [-0.05, 0) is 56.6 Å². The lowest BCUT2D eigenvalue weighted by atomic mass is 9.44. The summed E-state index contributed by atoms with van der Waals surface area (Å²) in [5.74, 6) is -3.61. The molecule has 7 N–H and O–H groups in total. The van der Waals surface area contributed by atoms with Crippen molar-refractivity contribution >= 4 is 23.5 Å². The van der Waals surface area contributed by atoms with Crippen molar-refractivity contribution in [2.45, 2.75) is 90.5 Å². The van der Waals surface area contributed by atoms with E-state index in [-0.39, 0.29) is 36.4 Å². The molecule has 0 aromatic heterocycles. The van der Waals surface area contributed by atoms with Crippen molar-refractivity contribution < 1.29 is 54.6 Å². The third kappa shape index (κ3) is 5.46. The highest BCUT2D eigenvalue weighted by molar-refractivity contribution is 6.01. The van der Waals surface area contributed by atoms with Gasteiger partial charge in [-0.15, -0.1) is 0 Å². The normalized spacial score (nSPS) is 39.6. The van der Waals surface area contributed by atoms with Gasteiger partial charge < -0.3 is 31.0 Å². The number of carbonyl (C=O) groups is 4. The first-order chi connectivity index (χ1) is 17.5. The Bertz CT molecular complexity index is 1010. The maximum Gasteiger partial charge on any atom is 0.303 e. The summed E-state index contributed by atoms with van der Waals surface area (Å²) < 4.78 is 16.9. The third-order valence-corrected chi connectivity index (χ3v) is 9.40. The summed E-state index contributed by atoms with van der Waals surface area (Å²) in [6.07, 6.45) is 4.88. The fourth-order valence-corrected chi connectivity index (χ4v) is 7.26. The monoisotopic (exact) mass is 558 g/mol. The molecule has 0 aromatic carbocycles. The second-order valence-electron chi connectivity index (χ2n) is 11.2. The molecule has 3 saturated carbocycles. The first-order valence-electron chi connectivity index (χ1n) is 13.1. The van der Waals surface area contributed by atoms with Crippen LogP contribution in [0.3, 0.4) is 0 Å². The van der Waals surface area contributed by atoms with E-state index in [0.717, 1.165) is 0 Å². The van der Waals surface area contributed by atoms with Gasteiger partial charge in [0.05, 0.1) is 6.10 Å². The maximum absolute atomic E-state index is 16.9. The number of aliphatic carboxylic acids is 2. The number of halogens is 1. The molecule has 0 radical (unpaired) electrons. The number of aliphatic hydroxyl groups excluding tert-OH is 2. The van der Waals surface area contributed by atoms with Crippen LogP contribution in [0.25, 0.3) is 0 Å². The summed E-state index contributed by atoms with van der Waals surface area (Å²) in [6, 6.07) is 0. The molecule has 0 bridgehead atoms. The zero-order valence-electron chi connectivity index (χ0n) is 23.2. The minimum absolute atomic E-state index is 0. The van der Waals surface area contributed by atoms with Gasteiger partial charge in [-0.1, -0.05) is 39.3 Å². The highest BCUT2D eigenvalue weighted by Crippen LogP contribution is 2.70. The fourth-order valence-electron chi connectivity index (χ4n) is 7.26. The van der Waals surface area contributed by atoms with E-state index < -0.39 is 64.4 Å². The first kappa shape index (κ1) is 34.6. The fraction of sp³-hybridized carbons (Fsp3) is 0.714. The number of Topliss-reactive ketones (excluding diaryl/α,β-unsaturated/α-hetero) is 1. The van der Waals surface area contributed by atoms with Crippen LogP contribution in [0.15, 0.2) is 23.8 Å². The van der Waals surface area contributed by atoms with Crippen molar-refractivity contribution in [1.82, 2.24) is 0 Å². The van der Waals surface area contributed by atoms with Gasteiger partial charge in [-0.2, -0.15) is 0 Å². The number of aliphatic hydroxyl groups is 3. The van der Waals surface area contributed by atoms with E-state index in [0.29, 0.717) is 24.8 Å². The number of hydrogen-bond acceptors (Lipinski definition) is 7. The number of fused-ring (bicyclic) bond motifs is 5. The van der Waals surface area contributed by atoms with Gasteiger partial charge in [0.25, 0.3) is 0 Å². The number of ketones is 2. The Morgan fingerprint density at radius 1 is 1.08 bits per heavy atom. The van der Waals surface area contributed by atoms with Gasteiger partial charge >= 0.3 is 11.9 Å². The predicted molar refractivity (Wildman–Crippen MR) is 139 cm³/mol. The number of rotatable bonds is 4. The summed E-state index contributed by atoms with van der Waals surface area (Å²) in [5, 5.41) is 47.4. The van der Waals surface area contributed by atoms with Crippen molar-refractivity contribution in [2.75, 3.05) is 6.61 Å². The molecule has 8 atom stereocenters. The molecule has 10 nitrogen and oxygen atoms in total. The van der Waals surface area contributed by atoms with Crippen LogP contribution in [0.2, 0.25) is 0 Å². The van der Waals surface area contributed by atoms with Crippen LogP contribution < -0.4 is 0 Å². The van der Waals surface area contributed by atoms with E-state index in [4.69, 9.17) is 10.2 Å². The van der Waals surface area contributed by atoms with Gasteiger partial charge in [0.1, 0.15) is 12.2 Å². The minimum Gasteiger partial charge on any atom is -0.481 e. The lowest BCUT2D eigenvalue weighted by Crippen LogP contribution is -2.69. The number of allylic oxidation sites excluding steroid dienone is 4. The molecule has 4 aliphatic rings. The molecule has 0 aromatic rings. The summed E-state index contributed by atoms with van der Waals surface area (Å²) in [4.78, 5) is 43.1. The van der Waals surface area contributed by atoms with Gasteiger partial charge in [0, 0.05) is 29.6 Å². The molecule has 3 fully saturated rings. The molecule has 0 amide bonds. The second kappa shape index (κ2) is 12.4. The van der Waals surface area contributed by atoms with Crippen LogP contribution in [0.1, 0.15) is 73.1 Å². The summed E-state index contributed by atoms with van der Waals surface area (Å²) in [5.41, 5.74) is -5.17. The Morgan fingerprint density at radius 2 is 1.59 bits per heavy atom. The van der Waals surface area contributed by atoms with Crippen LogP contribution in [-0.2, 0) is 19.2 Å². The molecule has 222 valence electrons. The smallest absolute Gasteiger partial charge is 0.303 e. The lowest BCUT2D eigenvalue weighted by molar-refractivity contribution is -0.219. The van der Waals surface area contributed by atoms with E-state index in [1.165, 1.54) is 12.2 Å². The van der Waals surface area contributed by atoms with Crippen LogP contribution in [0.5, 0.6) is 0 Å². The Kier molecular flexibility index (Phi) is 11.0. The molecule has 0 unspecified atom stereocenters. The second-order valence-corrected chi connectivity index (χ2v) is 11.2. The quantitative estimate of drug-likeness (QED) is 0.342. The predicted octanol–water partition coefficient (Wildman–Crippen LogP) is 2.03. The average molecular weight is 559 g/mol. The van der Waals surface area contributed by atoms with Gasteiger partial charge in [-0.3, -0.25) is 19.2 Å². The molecule has 4 rings (SSSR count). The molecular formula is C28H43FO10. The average Bonchev–Trinajstić information content (AvgIpc) is 3.06. The highest BCUT2D eigenvalue weighted by atomic mass is 19.1. The molecule has 11 heteroatoms. The highest BCUT2D eigenvalue weighted by Gasteiger charge is 2.75. The van der Waals surface area contributed by atoms with Crippen molar-refractivity contribution in [3.63, 3.8) is 0 Å². The van der Waals surface area contributed by atoms with Crippen LogP contribution >= 0.6 is 0 Å². The molecule has 4 aliphatic carbocycles. The van der Waals surface area contributed by atoms with E-state index in [2.05, 4.69) is 0 Å². The first-order valence-corrected chi connectivity index (χ1v) is 13.1. The summed E-state index contributed by atoms with van der Waals surface area (Å²) in [7, 11) is 0. The van der Waals surface area contributed by atoms with Gasteiger partial charge in [0.2, 0.25) is 0 Å². The number of hydrogen-bond donors (Lipinski definition) is 5.